The number of nitrogens with one attached hydrogen (secondary N) is 1. The van der Waals surface area contributed by atoms with Gasteiger partial charge in [0.1, 0.15) is 17.2 Å². The number of benzene rings is 2. The number of halogens is 2. The fourth-order valence-electron chi connectivity index (χ4n) is 1.82. The van der Waals surface area contributed by atoms with Crippen LogP contribution < -0.4 is 19.5 Å². The van der Waals surface area contributed by atoms with Crippen molar-refractivity contribution < 1.29 is 19.0 Å². The van der Waals surface area contributed by atoms with Crippen LogP contribution in [0.5, 0.6) is 17.2 Å². The van der Waals surface area contributed by atoms with Crippen LogP contribution in [-0.4, -0.2) is 26.7 Å². The average molecular weight is 356 g/mol. The fraction of sp³-hybridized carbons (Fsp3) is 0.188. The van der Waals surface area contributed by atoms with E-state index in [9.17, 15) is 4.79 Å². The normalized spacial score (nSPS) is 10.1. The fourth-order valence-corrected chi connectivity index (χ4v) is 2.18. The van der Waals surface area contributed by atoms with Gasteiger partial charge < -0.3 is 19.5 Å². The molecule has 0 saturated carbocycles. The summed E-state index contributed by atoms with van der Waals surface area (Å²) < 4.78 is 15.7. The molecule has 1 amide bonds. The highest BCUT2D eigenvalue weighted by molar-refractivity contribution is 6.32. The molecule has 122 valence electrons. The zero-order chi connectivity index (χ0) is 16.8. The summed E-state index contributed by atoms with van der Waals surface area (Å²) in [4.78, 5) is 12.0. The molecule has 7 heteroatoms. The minimum Gasteiger partial charge on any atom is -0.495 e. The molecule has 0 atom stereocenters. The van der Waals surface area contributed by atoms with Gasteiger partial charge in [0, 0.05) is 17.2 Å². The van der Waals surface area contributed by atoms with Crippen LogP contribution in [-0.2, 0) is 4.79 Å². The number of methoxy groups -OCH3 is 2. The second-order valence-electron chi connectivity index (χ2n) is 4.48. The zero-order valence-electron chi connectivity index (χ0n) is 12.6. The molecule has 2 rings (SSSR count). The molecule has 0 aliphatic carbocycles. The van der Waals surface area contributed by atoms with E-state index < -0.39 is 0 Å². The highest BCUT2D eigenvalue weighted by Gasteiger charge is 2.13. The van der Waals surface area contributed by atoms with E-state index in [2.05, 4.69) is 5.32 Å². The van der Waals surface area contributed by atoms with Crippen molar-refractivity contribution in [2.24, 2.45) is 0 Å². The standard InChI is InChI=1S/C16H15Cl2NO4/c1-21-14-8-13(15(22-2)7-12(14)18)19-16(20)9-23-11-5-3-10(17)4-6-11/h3-8H,9H2,1-2H3,(H,19,20). The molecule has 0 aromatic heterocycles. The molecule has 23 heavy (non-hydrogen) atoms. The summed E-state index contributed by atoms with van der Waals surface area (Å²) in [5.41, 5.74) is 0.443. The van der Waals surface area contributed by atoms with Gasteiger partial charge in [-0.05, 0) is 24.3 Å². The van der Waals surface area contributed by atoms with Crippen molar-refractivity contribution in [3.8, 4) is 17.2 Å². The minimum atomic E-state index is -0.345. The maximum Gasteiger partial charge on any atom is 0.262 e. The Balaban J connectivity index is 2.03. The Labute approximate surface area is 144 Å². The van der Waals surface area contributed by atoms with Crippen molar-refractivity contribution in [2.45, 2.75) is 0 Å². The van der Waals surface area contributed by atoms with E-state index in [-0.39, 0.29) is 12.5 Å². The van der Waals surface area contributed by atoms with Crippen molar-refractivity contribution in [1.82, 2.24) is 0 Å². The predicted octanol–water partition coefficient (Wildman–Crippen LogP) is 4.03. The molecule has 0 fully saturated rings. The summed E-state index contributed by atoms with van der Waals surface area (Å²) in [5.74, 6) is 1.06. The molecule has 0 unspecified atom stereocenters. The van der Waals surface area contributed by atoms with Crippen molar-refractivity contribution in [2.75, 3.05) is 26.1 Å². The van der Waals surface area contributed by atoms with E-state index in [1.54, 1.807) is 36.4 Å². The average Bonchev–Trinajstić information content (AvgIpc) is 2.55. The Morgan fingerprint density at radius 3 is 2.30 bits per heavy atom. The first-order chi connectivity index (χ1) is 11.0. The summed E-state index contributed by atoms with van der Waals surface area (Å²) in [7, 11) is 2.97. The Kier molecular flexibility index (Phi) is 5.96. The first kappa shape index (κ1) is 17.2. The Morgan fingerprint density at radius 1 is 1.04 bits per heavy atom. The minimum absolute atomic E-state index is 0.157. The summed E-state index contributed by atoms with van der Waals surface area (Å²) in [6.45, 7) is -0.157. The molecule has 2 aromatic carbocycles. The number of amides is 1. The van der Waals surface area contributed by atoms with E-state index in [1.807, 2.05) is 0 Å². The van der Waals surface area contributed by atoms with Gasteiger partial charge in [-0.25, -0.2) is 0 Å². The Bertz CT molecular complexity index is 689. The largest absolute Gasteiger partial charge is 0.495 e. The second kappa shape index (κ2) is 7.94. The molecule has 0 bridgehead atoms. The van der Waals surface area contributed by atoms with Crippen LogP contribution in [0.25, 0.3) is 0 Å². The molecule has 0 heterocycles. The lowest BCUT2D eigenvalue weighted by atomic mass is 10.2. The molecule has 5 nitrogen and oxygen atoms in total. The van der Waals surface area contributed by atoms with Crippen LogP contribution >= 0.6 is 23.2 Å². The maximum absolute atomic E-state index is 12.0. The van der Waals surface area contributed by atoms with Gasteiger partial charge in [0.15, 0.2) is 6.61 Å². The van der Waals surface area contributed by atoms with Gasteiger partial charge in [-0.3, -0.25) is 4.79 Å². The monoisotopic (exact) mass is 355 g/mol. The van der Waals surface area contributed by atoms with Crippen LogP contribution in [0.15, 0.2) is 36.4 Å². The lowest BCUT2D eigenvalue weighted by Gasteiger charge is -2.13. The van der Waals surface area contributed by atoms with Crippen molar-refractivity contribution in [3.63, 3.8) is 0 Å². The van der Waals surface area contributed by atoms with Crippen molar-refractivity contribution in [3.05, 3.63) is 46.4 Å². The van der Waals surface area contributed by atoms with Gasteiger partial charge >= 0.3 is 0 Å². The van der Waals surface area contributed by atoms with E-state index in [4.69, 9.17) is 37.4 Å². The van der Waals surface area contributed by atoms with E-state index in [0.717, 1.165) is 0 Å². The van der Waals surface area contributed by atoms with Gasteiger partial charge in [0.25, 0.3) is 5.91 Å². The number of hydrogen-bond acceptors (Lipinski definition) is 4. The highest BCUT2D eigenvalue weighted by atomic mass is 35.5. The van der Waals surface area contributed by atoms with E-state index >= 15 is 0 Å². The van der Waals surface area contributed by atoms with Crippen LogP contribution in [0.3, 0.4) is 0 Å². The smallest absolute Gasteiger partial charge is 0.262 e. The van der Waals surface area contributed by atoms with E-state index in [0.29, 0.717) is 33.0 Å². The quantitative estimate of drug-likeness (QED) is 0.849. The molecule has 0 saturated heterocycles. The number of ether oxygens (including phenoxy) is 3. The van der Waals surface area contributed by atoms with Gasteiger partial charge in [0.2, 0.25) is 0 Å². The summed E-state index contributed by atoms with van der Waals surface area (Å²) in [6.07, 6.45) is 0. The van der Waals surface area contributed by atoms with Crippen LogP contribution in [0.2, 0.25) is 10.0 Å². The third-order valence-electron chi connectivity index (χ3n) is 2.93. The van der Waals surface area contributed by atoms with Crippen molar-refractivity contribution in [1.29, 1.82) is 0 Å². The topological polar surface area (TPSA) is 56.8 Å². The van der Waals surface area contributed by atoms with Gasteiger partial charge in [-0.15, -0.1) is 0 Å². The Morgan fingerprint density at radius 2 is 1.70 bits per heavy atom. The number of rotatable bonds is 6. The number of hydrogen-bond donors (Lipinski definition) is 1. The lowest BCUT2D eigenvalue weighted by Crippen LogP contribution is -2.20. The highest BCUT2D eigenvalue weighted by Crippen LogP contribution is 2.35. The van der Waals surface area contributed by atoms with Gasteiger partial charge in [-0.1, -0.05) is 23.2 Å². The van der Waals surface area contributed by atoms with Crippen LogP contribution in [0.4, 0.5) is 5.69 Å². The van der Waals surface area contributed by atoms with E-state index in [1.165, 1.54) is 14.2 Å². The maximum atomic E-state index is 12.0. The molecule has 0 aliphatic rings. The zero-order valence-corrected chi connectivity index (χ0v) is 14.1. The molecular formula is C16H15Cl2NO4. The molecule has 0 radical (unpaired) electrons. The first-order valence-corrected chi connectivity index (χ1v) is 7.39. The first-order valence-electron chi connectivity index (χ1n) is 6.63. The van der Waals surface area contributed by atoms with Crippen molar-refractivity contribution >= 4 is 34.8 Å². The van der Waals surface area contributed by atoms with Crippen LogP contribution in [0.1, 0.15) is 0 Å². The molecule has 0 spiro atoms. The van der Waals surface area contributed by atoms with Gasteiger partial charge in [-0.2, -0.15) is 0 Å². The summed E-state index contributed by atoms with van der Waals surface area (Å²) in [6, 6.07) is 9.88. The number of carbonyl (C=O) groups is 1. The molecular weight excluding hydrogens is 341 g/mol. The SMILES string of the molecule is COc1cc(NC(=O)COc2ccc(Cl)cc2)c(OC)cc1Cl. The Hall–Kier alpha value is -2.11. The third kappa shape index (κ3) is 4.68. The number of anilines is 1. The molecule has 2 aromatic rings. The number of carbonyl (C=O) groups excluding carboxylic acids is 1. The second-order valence-corrected chi connectivity index (χ2v) is 5.32. The third-order valence-corrected chi connectivity index (χ3v) is 3.48. The summed E-state index contributed by atoms with van der Waals surface area (Å²) >= 11 is 11.8. The van der Waals surface area contributed by atoms with Gasteiger partial charge in [0.05, 0.1) is 24.9 Å². The molecule has 1 N–H and O–H groups in total. The summed E-state index contributed by atoms with van der Waals surface area (Å²) in [5, 5.41) is 3.68. The molecule has 0 aliphatic heterocycles. The predicted molar refractivity (Wildman–Crippen MR) is 90.1 cm³/mol. The van der Waals surface area contributed by atoms with Crippen LogP contribution in [0, 0.1) is 0 Å². The lowest BCUT2D eigenvalue weighted by molar-refractivity contribution is -0.118.